The minimum Gasteiger partial charge on any atom is -0.469 e. The first-order valence-electron chi connectivity index (χ1n) is 7.31. The van der Waals surface area contributed by atoms with Gasteiger partial charge in [0.2, 0.25) is 0 Å². The Hall–Kier alpha value is -1.61. The fourth-order valence-corrected chi connectivity index (χ4v) is 2.31. The van der Waals surface area contributed by atoms with Crippen LogP contribution in [0.5, 0.6) is 0 Å². The zero-order valence-corrected chi connectivity index (χ0v) is 11.9. The molecule has 1 N–H and O–H groups in total. The second-order valence-electron chi connectivity index (χ2n) is 5.03. The maximum Gasteiger partial charge on any atom is 0.123 e. The molecule has 0 aliphatic heterocycles. The molecule has 1 aromatic carbocycles. The van der Waals surface area contributed by atoms with E-state index in [0.29, 0.717) is 0 Å². The summed E-state index contributed by atoms with van der Waals surface area (Å²) in [7, 11) is 0. The van der Waals surface area contributed by atoms with Gasteiger partial charge in [0.1, 0.15) is 11.6 Å². The summed E-state index contributed by atoms with van der Waals surface area (Å²) in [4.78, 5) is 0. The molecule has 0 fully saturated rings. The van der Waals surface area contributed by atoms with E-state index < -0.39 is 0 Å². The number of hydrogen-bond acceptors (Lipinski definition) is 2. The molecule has 0 amide bonds. The van der Waals surface area contributed by atoms with Crippen molar-refractivity contribution in [1.82, 2.24) is 5.32 Å². The summed E-state index contributed by atoms with van der Waals surface area (Å²) in [6, 6.07) is 11.0. The van der Waals surface area contributed by atoms with Crippen LogP contribution in [0.4, 0.5) is 4.39 Å². The molecule has 0 saturated heterocycles. The van der Waals surface area contributed by atoms with Crippen molar-refractivity contribution < 1.29 is 8.81 Å². The van der Waals surface area contributed by atoms with Gasteiger partial charge in [-0.25, -0.2) is 4.39 Å². The number of furan rings is 1. The first-order valence-corrected chi connectivity index (χ1v) is 7.31. The average molecular weight is 275 g/mol. The number of nitrogens with one attached hydrogen (secondary N) is 1. The second-order valence-corrected chi connectivity index (χ2v) is 5.03. The molecule has 1 aromatic heterocycles. The van der Waals surface area contributed by atoms with Crippen molar-refractivity contribution in [2.45, 2.75) is 38.6 Å². The van der Waals surface area contributed by atoms with E-state index in [1.54, 1.807) is 6.26 Å². The predicted octanol–water partition coefficient (Wildman–Crippen LogP) is 4.48. The van der Waals surface area contributed by atoms with Gasteiger partial charge in [0.05, 0.1) is 6.26 Å². The van der Waals surface area contributed by atoms with Gasteiger partial charge in [0.15, 0.2) is 0 Å². The lowest BCUT2D eigenvalue weighted by molar-refractivity contribution is 0.455. The topological polar surface area (TPSA) is 25.2 Å². The Morgan fingerprint density at radius 1 is 1.20 bits per heavy atom. The molecule has 0 saturated carbocycles. The summed E-state index contributed by atoms with van der Waals surface area (Å²) in [5.74, 6) is 0.810. The third kappa shape index (κ3) is 4.49. The normalized spacial score (nSPS) is 12.5. The molecule has 1 heterocycles. The van der Waals surface area contributed by atoms with Gasteiger partial charge in [-0.15, -0.1) is 0 Å². The molecule has 1 atom stereocenters. The second kappa shape index (κ2) is 7.85. The fraction of sp³-hybridized carbons (Fsp3) is 0.412. The molecule has 2 nitrogen and oxygen atoms in total. The van der Waals surface area contributed by atoms with Crippen LogP contribution < -0.4 is 5.32 Å². The highest BCUT2D eigenvalue weighted by molar-refractivity contribution is 5.20. The van der Waals surface area contributed by atoms with Crippen LogP contribution in [0.25, 0.3) is 0 Å². The van der Waals surface area contributed by atoms with Crippen molar-refractivity contribution in [1.29, 1.82) is 0 Å². The largest absolute Gasteiger partial charge is 0.469 e. The predicted molar refractivity (Wildman–Crippen MR) is 79.1 cm³/mol. The molecule has 0 spiro atoms. The molecule has 2 aromatic rings. The van der Waals surface area contributed by atoms with Crippen molar-refractivity contribution in [3.63, 3.8) is 0 Å². The lowest BCUT2D eigenvalue weighted by Gasteiger charge is -2.19. The maximum absolute atomic E-state index is 13.0. The Morgan fingerprint density at radius 3 is 2.65 bits per heavy atom. The number of hydrogen-bond donors (Lipinski definition) is 1. The summed E-state index contributed by atoms with van der Waals surface area (Å²) in [5.41, 5.74) is 1.15. The van der Waals surface area contributed by atoms with E-state index in [-0.39, 0.29) is 11.9 Å². The highest BCUT2D eigenvalue weighted by Gasteiger charge is 2.10. The standard InChI is InChI=1S/C17H22FNO/c1-2-3-6-17(14-7-9-15(18)10-8-14)19-12-11-16-5-4-13-20-16/h4-5,7-10,13,17,19H,2-3,6,11-12H2,1H3. The molecular weight excluding hydrogens is 253 g/mol. The highest BCUT2D eigenvalue weighted by Crippen LogP contribution is 2.20. The third-order valence-electron chi connectivity index (χ3n) is 3.46. The minimum atomic E-state index is -0.182. The Morgan fingerprint density at radius 2 is 2.00 bits per heavy atom. The molecule has 0 aliphatic rings. The molecule has 108 valence electrons. The summed E-state index contributed by atoms with van der Waals surface area (Å²) in [6.45, 7) is 3.05. The quantitative estimate of drug-likeness (QED) is 0.768. The third-order valence-corrected chi connectivity index (χ3v) is 3.46. The van der Waals surface area contributed by atoms with E-state index in [1.807, 2.05) is 24.3 Å². The van der Waals surface area contributed by atoms with Gasteiger partial charge in [-0.1, -0.05) is 31.9 Å². The SMILES string of the molecule is CCCCC(NCCc1ccco1)c1ccc(F)cc1. The van der Waals surface area contributed by atoms with E-state index in [0.717, 1.165) is 43.6 Å². The van der Waals surface area contributed by atoms with Gasteiger partial charge in [-0.05, 0) is 36.2 Å². The Bertz CT molecular complexity index is 478. The summed E-state index contributed by atoms with van der Waals surface area (Å²) >= 11 is 0. The van der Waals surface area contributed by atoms with Crippen LogP contribution >= 0.6 is 0 Å². The van der Waals surface area contributed by atoms with Crippen LogP contribution in [0.3, 0.4) is 0 Å². The fourth-order valence-electron chi connectivity index (χ4n) is 2.31. The molecule has 0 radical (unpaired) electrons. The molecule has 0 bridgehead atoms. The van der Waals surface area contributed by atoms with Gasteiger partial charge >= 0.3 is 0 Å². The summed E-state index contributed by atoms with van der Waals surface area (Å²) < 4.78 is 18.3. The van der Waals surface area contributed by atoms with E-state index >= 15 is 0 Å². The maximum atomic E-state index is 13.0. The number of rotatable bonds is 8. The van der Waals surface area contributed by atoms with E-state index in [9.17, 15) is 4.39 Å². The summed E-state index contributed by atoms with van der Waals surface area (Å²) in [5, 5.41) is 3.55. The summed E-state index contributed by atoms with van der Waals surface area (Å²) in [6.07, 6.45) is 5.97. The first kappa shape index (κ1) is 14.8. The van der Waals surface area contributed by atoms with Gasteiger partial charge in [0.25, 0.3) is 0 Å². The Kier molecular flexibility index (Phi) is 5.81. The van der Waals surface area contributed by atoms with Crippen LogP contribution in [-0.4, -0.2) is 6.54 Å². The van der Waals surface area contributed by atoms with Crippen LogP contribution in [0.15, 0.2) is 47.1 Å². The van der Waals surface area contributed by atoms with Crippen LogP contribution in [-0.2, 0) is 6.42 Å². The van der Waals surface area contributed by atoms with Gasteiger partial charge < -0.3 is 9.73 Å². The molecule has 20 heavy (non-hydrogen) atoms. The van der Waals surface area contributed by atoms with E-state index in [2.05, 4.69) is 12.2 Å². The van der Waals surface area contributed by atoms with E-state index in [1.165, 1.54) is 12.1 Å². The Labute approximate surface area is 120 Å². The van der Waals surface area contributed by atoms with Crippen molar-refractivity contribution in [2.75, 3.05) is 6.54 Å². The smallest absolute Gasteiger partial charge is 0.123 e. The molecule has 1 unspecified atom stereocenters. The van der Waals surface area contributed by atoms with Crippen molar-refractivity contribution in [3.05, 3.63) is 59.8 Å². The monoisotopic (exact) mass is 275 g/mol. The molecule has 2 rings (SSSR count). The van der Waals surface area contributed by atoms with Gasteiger partial charge in [-0.3, -0.25) is 0 Å². The lowest BCUT2D eigenvalue weighted by atomic mass is 10.0. The lowest BCUT2D eigenvalue weighted by Crippen LogP contribution is -2.23. The van der Waals surface area contributed by atoms with Crippen molar-refractivity contribution >= 4 is 0 Å². The highest BCUT2D eigenvalue weighted by atomic mass is 19.1. The molecular formula is C17H22FNO. The average Bonchev–Trinajstić information content (AvgIpc) is 2.97. The first-order chi connectivity index (χ1) is 9.79. The number of unbranched alkanes of at least 4 members (excludes halogenated alkanes) is 1. The van der Waals surface area contributed by atoms with Crippen LogP contribution in [0.1, 0.15) is 43.6 Å². The minimum absolute atomic E-state index is 0.182. The van der Waals surface area contributed by atoms with Crippen molar-refractivity contribution in [3.8, 4) is 0 Å². The zero-order chi connectivity index (χ0) is 14.2. The van der Waals surface area contributed by atoms with Crippen LogP contribution in [0.2, 0.25) is 0 Å². The molecule has 3 heteroatoms. The zero-order valence-electron chi connectivity index (χ0n) is 11.9. The van der Waals surface area contributed by atoms with E-state index in [4.69, 9.17) is 4.42 Å². The Balaban J connectivity index is 1.90. The van der Waals surface area contributed by atoms with Gasteiger partial charge in [-0.2, -0.15) is 0 Å². The number of benzene rings is 1. The van der Waals surface area contributed by atoms with Gasteiger partial charge in [0, 0.05) is 19.0 Å². The number of halogens is 1. The van der Waals surface area contributed by atoms with Crippen molar-refractivity contribution in [2.24, 2.45) is 0 Å². The molecule has 0 aliphatic carbocycles. The van der Waals surface area contributed by atoms with Crippen LogP contribution in [0, 0.1) is 5.82 Å².